The molecule has 4 N–H and O–H groups in total. The van der Waals surface area contributed by atoms with E-state index >= 15 is 0 Å². The second-order valence-electron chi connectivity index (χ2n) is 4.96. The van der Waals surface area contributed by atoms with Crippen molar-refractivity contribution in [1.82, 2.24) is 10.3 Å². The highest BCUT2D eigenvalue weighted by Crippen LogP contribution is 2.14. The second kappa shape index (κ2) is 8.40. The fraction of sp³-hybridized carbons (Fsp3) is 0.312. The number of rotatable bonds is 7. The van der Waals surface area contributed by atoms with Crippen molar-refractivity contribution in [3.8, 4) is 0 Å². The van der Waals surface area contributed by atoms with Gasteiger partial charge in [0.2, 0.25) is 0 Å². The minimum atomic E-state index is -0.296. The summed E-state index contributed by atoms with van der Waals surface area (Å²) in [6.07, 6.45) is 1.53. The summed E-state index contributed by atoms with van der Waals surface area (Å²) in [4.78, 5) is 28.4. The maximum atomic E-state index is 12.2. The van der Waals surface area contributed by atoms with E-state index in [4.69, 9.17) is 5.73 Å². The minimum absolute atomic E-state index is 0.151. The lowest BCUT2D eigenvalue weighted by Gasteiger charge is -2.07. The van der Waals surface area contributed by atoms with Gasteiger partial charge in [-0.3, -0.25) is 9.59 Å². The Morgan fingerprint density at radius 3 is 2.87 bits per heavy atom. The fourth-order valence-corrected chi connectivity index (χ4v) is 2.72. The van der Waals surface area contributed by atoms with E-state index in [1.165, 1.54) is 11.3 Å². The Morgan fingerprint density at radius 1 is 1.30 bits per heavy atom. The molecule has 23 heavy (non-hydrogen) atoms. The monoisotopic (exact) mass is 332 g/mol. The van der Waals surface area contributed by atoms with Gasteiger partial charge in [0.25, 0.3) is 11.8 Å². The normalized spacial score (nSPS) is 10.3. The lowest BCUT2D eigenvalue weighted by atomic mass is 10.2. The van der Waals surface area contributed by atoms with E-state index in [1.807, 2.05) is 6.92 Å². The third-order valence-corrected chi connectivity index (χ3v) is 3.97. The van der Waals surface area contributed by atoms with Crippen LogP contribution in [0.25, 0.3) is 0 Å². The average molecular weight is 332 g/mol. The summed E-state index contributed by atoms with van der Waals surface area (Å²) in [7, 11) is 0. The van der Waals surface area contributed by atoms with Crippen LogP contribution in [-0.4, -0.2) is 29.9 Å². The third kappa shape index (κ3) is 4.87. The quantitative estimate of drug-likeness (QED) is 0.723. The number of nitrogens with one attached hydrogen (secondary N) is 2. The van der Waals surface area contributed by atoms with Crippen LogP contribution in [0.1, 0.15) is 39.2 Å². The topological polar surface area (TPSA) is 97.1 Å². The molecule has 0 aliphatic heterocycles. The van der Waals surface area contributed by atoms with Crippen molar-refractivity contribution < 1.29 is 9.59 Å². The van der Waals surface area contributed by atoms with Gasteiger partial charge in [0, 0.05) is 29.6 Å². The van der Waals surface area contributed by atoms with Crippen molar-refractivity contribution >= 4 is 28.8 Å². The standard InChI is InChI=1S/C16H20N4O2S/c1-2-8-18-15(21)11-4-3-5-12(9-11)19-16(22)13-10-23-14(20-13)6-7-17/h3-5,9-10H,2,6-8,17H2,1H3,(H,18,21)(H,19,22). The molecule has 0 aliphatic rings. The van der Waals surface area contributed by atoms with Gasteiger partial charge < -0.3 is 16.4 Å². The van der Waals surface area contributed by atoms with E-state index in [9.17, 15) is 9.59 Å². The summed E-state index contributed by atoms with van der Waals surface area (Å²) in [6, 6.07) is 6.83. The van der Waals surface area contributed by atoms with Crippen LogP contribution in [0.5, 0.6) is 0 Å². The van der Waals surface area contributed by atoms with Crippen molar-refractivity contribution in [3.63, 3.8) is 0 Å². The number of hydrogen-bond donors (Lipinski definition) is 3. The van der Waals surface area contributed by atoms with E-state index < -0.39 is 0 Å². The summed E-state index contributed by atoms with van der Waals surface area (Å²) in [6.45, 7) is 3.12. The minimum Gasteiger partial charge on any atom is -0.352 e. The lowest BCUT2D eigenvalue weighted by Crippen LogP contribution is -2.24. The zero-order valence-corrected chi connectivity index (χ0v) is 13.8. The Balaban J connectivity index is 2.04. The number of amides is 2. The zero-order valence-electron chi connectivity index (χ0n) is 13.0. The molecular weight excluding hydrogens is 312 g/mol. The molecule has 0 atom stereocenters. The predicted molar refractivity (Wildman–Crippen MR) is 91.9 cm³/mol. The van der Waals surface area contributed by atoms with Gasteiger partial charge in [-0.25, -0.2) is 4.98 Å². The molecule has 1 aromatic carbocycles. The van der Waals surface area contributed by atoms with Gasteiger partial charge in [-0.05, 0) is 31.2 Å². The molecule has 0 aliphatic carbocycles. The molecule has 122 valence electrons. The van der Waals surface area contributed by atoms with Gasteiger partial charge in [0.1, 0.15) is 5.69 Å². The summed E-state index contributed by atoms with van der Waals surface area (Å²) < 4.78 is 0. The summed E-state index contributed by atoms with van der Waals surface area (Å²) >= 11 is 1.41. The molecule has 0 spiro atoms. The molecule has 0 unspecified atom stereocenters. The SMILES string of the molecule is CCCNC(=O)c1cccc(NC(=O)c2csc(CCN)n2)c1. The average Bonchev–Trinajstić information content (AvgIpc) is 3.02. The zero-order chi connectivity index (χ0) is 16.7. The van der Waals surface area contributed by atoms with Crippen molar-refractivity contribution in [2.24, 2.45) is 5.73 Å². The van der Waals surface area contributed by atoms with Gasteiger partial charge in [-0.2, -0.15) is 0 Å². The Kier molecular flexibility index (Phi) is 6.25. The van der Waals surface area contributed by atoms with Crippen molar-refractivity contribution in [3.05, 3.63) is 45.9 Å². The van der Waals surface area contributed by atoms with Crippen LogP contribution in [0, 0.1) is 0 Å². The van der Waals surface area contributed by atoms with Crippen LogP contribution in [0.4, 0.5) is 5.69 Å². The molecule has 0 saturated carbocycles. The number of carbonyl (C=O) groups is 2. The Hall–Kier alpha value is -2.25. The summed E-state index contributed by atoms with van der Waals surface area (Å²) in [5.41, 5.74) is 6.91. The largest absolute Gasteiger partial charge is 0.352 e. The lowest BCUT2D eigenvalue weighted by molar-refractivity contribution is 0.0952. The smallest absolute Gasteiger partial charge is 0.275 e. The maximum absolute atomic E-state index is 12.2. The first kappa shape index (κ1) is 17.1. The number of nitrogens with zero attached hydrogens (tertiary/aromatic N) is 1. The highest BCUT2D eigenvalue weighted by molar-refractivity contribution is 7.09. The highest BCUT2D eigenvalue weighted by Gasteiger charge is 2.12. The van der Waals surface area contributed by atoms with Crippen LogP contribution in [0.15, 0.2) is 29.6 Å². The van der Waals surface area contributed by atoms with Crippen LogP contribution < -0.4 is 16.4 Å². The molecule has 0 saturated heterocycles. The first-order chi connectivity index (χ1) is 11.1. The van der Waals surface area contributed by atoms with Crippen LogP contribution in [-0.2, 0) is 6.42 Å². The molecule has 2 aromatic rings. The third-order valence-electron chi connectivity index (χ3n) is 3.06. The van der Waals surface area contributed by atoms with Gasteiger partial charge in [-0.15, -0.1) is 11.3 Å². The second-order valence-corrected chi connectivity index (χ2v) is 5.90. The number of benzene rings is 1. The summed E-state index contributed by atoms with van der Waals surface area (Å²) in [5.74, 6) is -0.447. The molecule has 2 rings (SSSR count). The van der Waals surface area contributed by atoms with Crippen molar-refractivity contribution in [1.29, 1.82) is 0 Å². The Bertz CT molecular complexity index is 684. The van der Waals surface area contributed by atoms with E-state index in [0.29, 0.717) is 36.5 Å². The first-order valence-electron chi connectivity index (χ1n) is 7.48. The van der Waals surface area contributed by atoms with E-state index in [1.54, 1.807) is 29.6 Å². The number of hydrogen-bond acceptors (Lipinski definition) is 5. The van der Waals surface area contributed by atoms with Crippen LogP contribution in [0.2, 0.25) is 0 Å². The van der Waals surface area contributed by atoms with Gasteiger partial charge >= 0.3 is 0 Å². The van der Waals surface area contributed by atoms with E-state index in [-0.39, 0.29) is 11.8 Å². The van der Waals surface area contributed by atoms with Gasteiger partial charge in [-0.1, -0.05) is 13.0 Å². The number of nitrogens with two attached hydrogens (primary N) is 1. The highest BCUT2D eigenvalue weighted by atomic mass is 32.1. The van der Waals surface area contributed by atoms with Crippen molar-refractivity contribution in [2.75, 3.05) is 18.4 Å². The van der Waals surface area contributed by atoms with Crippen molar-refractivity contribution in [2.45, 2.75) is 19.8 Å². The summed E-state index contributed by atoms with van der Waals surface area (Å²) in [5, 5.41) is 8.11. The molecule has 7 heteroatoms. The molecule has 2 amide bonds. The molecule has 0 fully saturated rings. The van der Waals surface area contributed by atoms with E-state index in [2.05, 4.69) is 15.6 Å². The number of anilines is 1. The Labute approximate surface area is 139 Å². The van der Waals surface area contributed by atoms with Gasteiger partial charge in [0.05, 0.1) is 5.01 Å². The molecule has 1 aromatic heterocycles. The Morgan fingerprint density at radius 2 is 2.13 bits per heavy atom. The maximum Gasteiger partial charge on any atom is 0.275 e. The molecular formula is C16H20N4O2S. The predicted octanol–water partition coefficient (Wildman–Crippen LogP) is 2.04. The molecule has 1 heterocycles. The fourth-order valence-electron chi connectivity index (χ4n) is 1.93. The molecule has 0 radical (unpaired) electrons. The van der Waals surface area contributed by atoms with E-state index in [0.717, 1.165) is 11.4 Å². The first-order valence-corrected chi connectivity index (χ1v) is 8.36. The molecule has 0 bridgehead atoms. The van der Waals surface area contributed by atoms with Gasteiger partial charge in [0.15, 0.2) is 0 Å². The van der Waals surface area contributed by atoms with Crippen LogP contribution in [0.3, 0.4) is 0 Å². The molecule has 6 nitrogen and oxygen atoms in total. The number of carbonyl (C=O) groups excluding carboxylic acids is 2. The number of thiazole rings is 1. The van der Waals surface area contributed by atoms with Crippen LogP contribution >= 0.6 is 11.3 Å². The number of aromatic nitrogens is 1.